The van der Waals surface area contributed by atoms with Gasteiger partial charge in [-0.15, -0.1) is 23.1 Å². The highest BCUT2D eigenvalue weighted by atomic mass is 32.2. The molecule has 160 valence electrons. The van der Waals surface area contributed by atoms with E-state index in [1.54, 1.807) is 11.3 Å². The topological polar surface area (TPSA) is 25.2 Å². The average molecular weight is 423 g/mol. The maximum atomic E-state index is 5.28. The van der Waals surface area contributed by atoms with Gasteiger partial charge in [0.1, 0.15) is 10.1 Å². The Kier molecular flexibility index (Phi) is 12.5. The molecule has 0 radical (unpaired) electrons. The quantitative estimate of drug-likeness (QED) is 0.235. The second-order valence-corrected chi connectivity index (χ2v) is 10.4. The molecular formula is C24H42N2S2. The van der Waals surface area contributed by atoms with Gasteiger partial charge in [-0.1, -0.05) is 104 Å². The first-order valence-electron chi connectivity index (χ1n) is 11.9. The van der Waals surface area contributed by atoms with Crippen LogP contribution in [0.25, 0.3) is 0 Å². The summed E-state index contributed by atoms with van der Waals surface area (Å²) < 4.78 is 0. The highest BCUT2D eigenvalue weighted by Gasteiger charge is 2.35. The minimum atomic E-state index is 0.193. The van der Waals surface area contributed by atoms with Gasteiger partial charge in [-0.2, -0.15) is 0 Å². The molecule has 28 heavy (non-hydrogen) atoms. The van der Waals surface area contributed by atoms with Crippen LogP contribution >= 0.6 is 23.1 Å². The Morgan fingerprint density at radius 3 is 1.82 bits per heavy atom. The van der Waals surface area contributed by atoms with E-state index in [1.165, 1.54) is 114 Å². The summed E-state index contributed by atoms with van der Waals surface area (Å²) in [6, 6.07) is 0. The van der Waals surface area contributed by atoms with Gasteiger partial charge in [0.05, 0.1) is 5.54 Å². The van der Waals surface area contributed by atoms with Crippen molar-refractivity contribution in [3.63, 3.8) is 0 Å². The van der Waals surface area contributed by atoms with Crippen molar-refractivity contribution in [1.82, 2.24) is 4.98 Å². The molecule has 0 amide bonds. The summed E-state index contributed by atoms with van der Waals surface area (Å²) in [5.41, 5.74) is 0.193. The van der Waals surface area contributed by atoms with Crippen LogP contribution in [0.15, 0.2) is 16.6 Å². The normalized spacial score (nSPS) is 15.9. The largest absolute Gasteiger partial charge is 0.268 e. The number of aliphatic imine (C=N–C) groups is 1. The van der Waals surface area contributed by atoms with Gasteiger partial charge in [0.25, 0.3) is 0 Å². The van der Waals surface area contributed by atoms with E-state index in [-0.39, 0.29) is 5.54 Å². The molecule has 0 unspecified atom stereocenters. The number of thiazole rings is 1. The second kappa shape index (κ2) is 14.6. The molecule has 0 bridgehead atoms. The Balaban J connectivity index is 1.77. The molecule has 0 spiro atoms. The van der Waals surface area contributed by atoms with Gasteiger partial charge in [-0.25, -0.2) is 4.98 Å². The summed E-state index contributed by atoms with van der Waals surface area (Å²) >= 11 is 3.69. The van der Waals surface area contributed by atoms with Crippen LogP contribution in [-0.2, 0) is 0 Å². The number of rotatable bonds is 17. The predicted molar refractivity (Wildman–Crippen MR) is 129 cm³/mol. The first-order chi connectivity index (χ1) is 13.8. The lowest BCUT2D eigenvalue weighted by Crippen LogP contribution is -2.27. The van der Waals surface area contributed by atoms with Gasteiger partial charge in [-0.3, -0.25) is 4.99 Å². The molecule has 2 heterocycles. The molecule has 2 rings (SSSR count). The van der Waals surface area contributed by atoms with Crippen LogP contribution in [0.5, 0.6) is 0 Å². The third kappa shape index (κ3) is 8.98. The number of hydrogen-bond acceptors (Lipinski definition) is 4. The zero-order valence-corrected chi connectivity index (χ0v) is 20.0. The van der Waals surface area contributed by atoms with Crippen molar-refractivity contribution in [2.75, 3.05) is 5.75 Å². The number of aromatic nitrogens is 1. The lowest BCUT2D eigenvalue weighted by Gasteiger charge is -2.25. The van der Waals surface area contributed by atoms with E-state index in [9.17, 15) is 0 Å². The van der Waals surface area contributed by atoms with E-state index in [2.05, 4.69) is 24.2 Å². The summed E-state index contributed by atoms with van der Waals surface area (Å²) in [5, 5.41) is 4.41. The summed E-state index contributed by atoms with van der Waals surface area (Å²) in [6.45, 7) is 4.59. The highest BCUT2D eigenvalue weighted by Crippen LogP contribution is 2.39. The monoisotopic (exact) mass is 422 g/mol. The van der Waals surface area contributed by atoms with Crippen molar-refractivity contribution < 1.29 is 0 Å². The SMILES string of the molecule is CCCCCCCCCC1(CCCCCCCCC)CSC(c2nccs2)=N1. The highest BCUT2D eigenvalue weighted by molar-refractivity contribution is 8.15. The number of nitrogens with zero attached hydrogens (tertiary/aromatic N) is 2. The van der Waals surface area contributed by atoms with Gasteiger partial charge in [0, 0.05) is 17.3 Å². The molecule has 0 fully saturated rings. The van der Waals surface area contributed by atoms with Crippen molar-refractivity contribution in [3.8, 4) is 0 Å². The zero-order valence-electron chi connectivity index (χ0n) is 18.4. The van der Waals surface area contributed by atoms with Crippen LogP contribution in [-0.4, -0.2) is 21.3 Å². The van der Waals surface area contributed by atoms with Crippen molar-refractivity contribution in [3.05, 3.63) is 16.6 Å². The van der Waals surface area contributed by atoms with Gasteiger partial charge in [0.2, 0.25) is 0 Å². The van der Waals surface area contributed by atoms with Crippen LogP contribution < -0.4 is 0 Å². The fraction of sp³-hybridized carbons (Fsp3) is 0.833. The lowest BCUT2D eigenvalue weighted by molar-refractivity contribution is 0.377. The Morgan fingerprint density at radius 2 is 1.32 bits per heavy atom. The van der Waals surface area contributed by atoms with E-state index in [0.29, 0.717) is 0 Å². The summed E-state index contributed by atoms with van der Waals surface area (Å²) in [6.07, 6.45) is 23.9. The van der Waals surface area contributed by atoms with Crippen LogP contribution in [0.2, 0.25) is 0 Å². The Hall–Kier alpha value is -0.350. The van der Waals surface area contributed by atoms with Crippen molar-refractivity contribution in [2.24, 2.45) is 4.99 Å². The van der Waals surface area contributed by atoms with E-state index in [0.717, 1.165) is 5.01 Å². The zero-order chi connectivity index (χ0) is 19.9. The first-order valence-corrected chi connectivity index (χ1v) is 13.8. The molecule has 0 atom stereocenters. The molecule has 0 saturated carbocycles. The minimum Gasteiger partial charge on any atom is -0.268 e. The summed E-state index contributed by atoms with van der Waals surface area (Å²) in [4.78, 5) is 9.79. The summed E-state index contributed by atoms with van der Waals surface area (Å²) in [5.74, 6) is 1.17. The molecule has 2 nitrogen and oxygen atoms in total. The van der Waals surface area contributed by atoms with E-state index < -0.39 is 0 Å². The number of hydrogen-bond donors (Lipinski definition) is 0. The Morgan fingerprint density at radius 1 is 0.786 bits per heavy atom. The van der Waals surface area contributed by atoms with Crippen LogP contribution in [0.1, 0.15) is 122 Å². The second-order valence-electron chi connectivity index (χ2n) is 8.51. The van der Waals surface area contributed by atoms with Gasteiger partial charge >= 0.3 is 0 Å². The molecule has 1 aromatic rings. The molecule has 0 aromatic carbocycles. The predicted octanol–water partition coefficient (Wildman–Crippen LogP) is 8.66. The summed E-state index contributed by atoms with van der Waals surface area (Å²) in [7, 11) is 0. The van der Waals surface area contributed by atoms with E-state index in [4.69, 9.17) is 4.99 Å². The smallest absolute Gasteiger partial charge is 0.147 e. The van der Waals surface area contributed by atoms with Crippen molar-refractivity contribution in [1.29, 1.82) is 0 Å². The Labute approximate surface area is 182 Å². The molecule has 1 aliphatic rings. The number of unbranched alkanes of at least 4 members (excludes halogenated alkanes) is 12. The third-order valence-electron chi connectivity index (χ3n) is 5.92. The molecule has 0 N–H and O–H groups in total. The first kappa shape index (κ1) is 23.9. The van der Waals surface area contributed by atoms with Crippen LogP contribution in [0, 0.1) is 0 Å². The van der Waals surface area contributed by atoms with E-state index in [1.807, 2.05) is 18.0 Å². The maximum Gasteiger partial charge on any atom is 0.147 e. The van der Waals surface area contributed by atoms with Crippen molar-refractivity contribution in [2.45, 2.75) is 122 Å². The van der Waals surface area contributed by atoms with Crippen LogP contribution in [0.3, 0.4) is 0 Å². The lowest BCUT2D eigenvalue weighted by atomic mass is 9.88. The molecule has 0 aliphatic carbocycles. The van der Waals surface area contributed by atoms with Crippen molar-refractivity contribution >= 4 is 28.1 Å². The minimum absolute atomic E-state index is 0.193. The van der Waals surface area contributed by atoms with Gasteiger partial charge in [0.15, 0.2) is 0 Å². The van der Waals surface area contributed by atoms with Gasteiger partial charge < -0.3 is 0 Å². The maximum absolute atomic E-state index is 5.28. The standard InChI is InChI=1S/C24H42N2S2/c1-3-5-7-9-11-13-15-17-24(18-16-14-12-10-8-6-4-2)21-28-23(26-24)22-25-19-20-27-22/h19-20H,3-18,21H2,1-2H3. The average Bonchev–Trinajstić information content (AvgIpc) is 3.37. The van der Waals surface area contributed by atoms with Gasteiger partial charge in [-0.05, 0) is 12.8 Å². The Bertz CT molecular complexity index is 507. The molecule has 1 aromatic heterocycles. The molecule has 1 aliphatic heterocycles. The number of thioether (sulfide) groups is 1. The van der Waals surface area contributed by atoms with E-state index >= 15 is 0 Å². The molecule has 0 saturated heterocycles. The fourth-order valence-corrected chi connectivity index (χ4v) is 6.16. The fourth-order valence-electron chi connectivity index (χ4n) is 4.12. The third-order valence-corrected chi connectivity index (χ3v) is 8.07. The molecular weight excluding hydrogens is 380 g/mol. The van der Waals surface area contributed by atoms with Crippen LogP contribution in [0.4, 0.5) is 0 Å². The molecule has 4 heteroatoms.